The van der Waals surface area contributed by atoms with E-state index in [1.54, 1.807) is 4.90 Å². The Hall–Kier alpha value is -1.98. The first-order chi connectivity index (χ1) is 9.51. The van der Waals surface area contributed by atoms with Gasteiger partial charge in [0, 0.05) is 31.6 Å². The van der Waals surface area contributed by atoms with Crippen molar-refractivity contribution in [1.82, 2.24) is 5.32 Å². The molecular formula is C14H16F2N2O2. The molecule has 1 fully saturated rings. The van der Waals surface area contributed by atoms with Crippen molar-refractivity contribution < 1.29 is 18.4 Å². The molecule has 0 spiro atoms. The highest BCUT2D eigenvalue weighted by Gasteiger charge is 2.24. The Bertz CT molecular complexity index is 503. The van der Waals surface area contributed by atoms with Gasteiger partial charge in [-0.15, -0.1) is 0 Å². The van der Waals surface area contributed by atoms with Crippen LogP contribution in [0, 0.1) is 11.6 Å². The zero-order valence-electron chi connectivity index (χ0n) is 11.2. The van der Waals surface area contributed by atoms with Gasteiger partial charge < -0.3 is 10.2 Å². The third kappa shape index (κ3) is 3.12. The van der Waals surface area contributed by atoms with Crippen LogP contribution in [0.3, 0.4) is 0 Å². The summed E-state index contributed by atoms with van der Waals surface area (Å²) in [5.74, 6) is -1.56. The number of carbonyl (C=O) groups excluding carboxylic acids is 2. The summed E-state index contributed by atoms with van der Waals surface area (Å²) in [6.45, 7) is 2.36. The molecule has 1 saturated heterocycles. The summed E-state index contributed by atoms with van der Waals surface area (Å²) in [5.41, 5.74) is -0.117. The van der Waals surface area contributed by atoms with Crippen molar-refractivity contribution >= 4 is 17.9 Å². The Labute approximate surface area is 115 Å². The maximum absolute atomic E-state index is 13.9. The molecule has 1 aromatic carbocycles. The average Bonchev–Trinajstić information content (AvgIpc) is 2.39. The molecule has 0 aliphatic carbocycles. The summed E-state index contributed by atoms with van der Waals surface area (Å²) >= 11 is 0. The number of hydrogen-bond acceptors (Lipinski definition) is 3. The van der Waals surface area contributed by atoms with Crippen LogP contribution in [0.2, 0.25) is 0 Å². The Morgan fingerprint density at radius 1 is 1.30 bits per heavy atom. The zero-order valence-corrected chi connectivity index (χ0v) is 11.2. The van der Waals surface area contributed by atoms with Crippen LogP contribution in [0.25, 0.3) is 0 Å². The van der Waals surface area contributed by atoms with Crippen LogP contribution in [-0.2, 0) is 4.79 Å². The second kappa shape index (κ2) is 5.98. The SMILES string of the molecule is CC(=O)NC1CCN(c2c(F)cc(C=O)cc2F)CC1. The van der Waals surface area contributed by atoms with E-state index in [2.05, 4.69) is 5.32 Å². The van der Waals surface area contributed by atoms with E-state index in [0.717, 1.165) is 12.1 Å². The Balaban J connectivity index is 2.11. The van der Waals surface area contributed by atoms with Gasteiger partial charge in [0.15, 0.2) is 0 Å². The molecule has 6 heteroatoms. The van der Waals surface area contributed by atoms with Crippen LogP contribution in [0.5, 0.6) is 0 Å². The van der Waals surface area contributed by atoms with Gasteiger partial charge in [0.25, 0.3) is 0 Å². The van der Waals surface area contributed by atoms with Crippen molar-refractivity contribution in [2.75, 3.05) is 18.0 Å². The molecule has 1 aliphatic heterocycles. The van der Waals surface area contributed by atoms with Gasteiger partial charge in [-0.3, -0.25) is 9.59 Å². The molecule has 1 N–H and O–H groups in total. The summed E-state index contributed by atoms with van der Waals surface area (Å²) in [4.78, 5) is 23.1. The minimum absolute atomic E-state index is 0.0168. The number of halogens is 2. The van der Waals surface area contributed by atoms with Gasteiger partial charge >= 0.3 is 0 Å². The third-order valence-electron chi connectivity index (χ3n) is 3.39. The molecule has 0 aromatic heterocycles. The molecule has 0 radical (unpaired) electrons. The number of amides is 1. The zero-order chi connectivity index (χ0) is 14.7. The first-order valence-electron chi connectivity index (χ1n) is 6.47. The van der Waals surface area contributed by atoms with E-state index in [9.17, 15) is 18.4 Å². The topological polar surface area (TPSA) is 49.4 Å². The van der Waals surface area contributed by atoms with E-state index in [1.165, 1.54) is 6.92 Å². The van der Waals surface area contributed by atoms with Gasteiger partial charge in [0.1, 0.15) is 23.6 Å². The summed E-state index contributed by atoms with van der Waals surface area (Å²) in [7, 11) is 0. The Morgan fingerprint density at radius 2 is 1.85 bits per heavy atom. The van der Waals surface area contributed by atoms with E-state index >= 15 is 0 Å². The van der Waals surface area contributed by atoms with Crippen molar-refractivity contribution in [1.29, 1.82) is 0 Å². The fourth-order valence-corrected chi connectivity index (χ4v) is 2.49. The molecule has 0 bridgehead atoms. The lowest BCUT2D eigenvalue weighted by Crippen LogP contribution is -2.44. The van der Waals surface area contributed by atoms with Gasteiger partial charge in [-0.2, -0.15) is 0 Å². The number of carbonyl (C=O) groups is 2. The normalized spacial score (nSPS) is 16.1. The fraction of sp³-hybridized carbons (Fsp3) is 0.429. The first kappa shape index (κ1) is 14.4. The summed E-state index contributed by atoms with van der Waals surface area (Å²) in [5, 5.41) is 2.80. The molecule has 0 saturated carbocycles. The first-order valence-corrected chi connectivity index (χ1v) is 6.47. The van der Waals surface area contributed by atoms with E-state index in [1.807, 2.05) is 0 Å². The summed E-state index contributed by atoms with van der Waals surface area (Å²) < 4.78 is 27.8. The highest BCUT2D eigenvalue weighted by atomic mass is 19.1. The number of nitrogens with one attached hydrogen (secondary N) is 1. The summed E-state index contributed by atoms with van der Waals surface area (Å²) in [6, 6.07) is 2.11. The number of piperidine rings is 1. The molecule has 108 valence electrons. The van der Waals surface area contributed by atoms with Crippen LogP contribution >= 0.6 is 0 Å². The molecule has 2 rings (SSSR count). The van der Waals surface area contributed by atoms with Gasteiger partial charge in [0.05, 0.1) is 0 Å². The number of hydrogen-bond donors (Lipinski definition) is 1. The van der Waals surface area contributed by atoms with E-state index in [0.29, 0.717) is 32.2 Å². The Kier molecular flexibility index (Phi) is 4.32. The van der Waals surface area contributed by atoms with Crippen molar-refractivity contribution in [3.63, 3.8) is 0 Å². The molecule has 1 heterocycles. The summed E-state index contributed by atoms with van der Waals surface area (Å²) in [6.07, 6.45) is 1.68. The number of anilines is 1. The van der Waals surface area contributed by atoms with Gasteiger partial charge in [-0.05, 0) is 25.0 Å². The van der Waals surface area contributed by atoms with Crippen molar-refractivity contribution in [2.45, 2.75) is 25.8 Å². The minimum Gasteiger partial charge on any atom is -0.367 e. The minimum atomic E-state index is -0.731. The van der Waals surface area contributed by atoms with Gasteiger partial charge in [-0.25, -0.2) is 8.78 Å². The molecule has 20 heavy (non-hydrogen) atoms. The highest BCUT2D eigenvalue weighted by molar-refractivity contribution is 5.76. The average molecular weight is 282 g/mol. The number of nitrogens with zero attached hydrogens (tertiary/aromatic N) is 1. The standard InChI is InChI=1S/C14H16F2N2O2/c1-9(20)17-11-2-4-18(5-3-11)14-12(15)6-10(8-19)7-13(14)16/h6-8,11H,2-5H2,1H3,(H,17,20). The van der Waals surface area contributed by atoms with Crippen LogP contribution < -0.4 is 10.2 Å². The maximum Gasteiger partial charge on any atom is 0.217 e. The quantitative estimate of drug-likeness (QED) is 0.861. The van der Waals surface area contributed by atoms with Crippen LogP contribution in [0.1, 0.15) is 30.1 Å². The second-order valence-corrected chi connectivity index (χ2v) is 4.91. The molecule has 0 atom stereocenters. The predicted octanol–water partition coefficient (Wildman–Crippen LogP) is 1.88. The molecule has 1 aliphatic rings. The molecule has 1 aromatic rings. The van der Waals surface area contributed by atoms with E-state index < -0.39 is 11.6 Å². The number of rotatable bonds is 3. The monoisotopic (exact) mass is 282 g/mol. The third-order valence-corrected chi connectivity index (χ3v) is 3.39. The lowest BCUT2D eigenvalue weighted by atomic mass is 10.0. The van der Waals surface area contributed by atoms with Crippen LogP contribution in [0.15, 0.2) is 12.1 Å². The van der Waals surface area contributed by atoms with Crippen molar-refractivity contribution in [3.8, 4) is 0 Å². The van der Waals surface area contributed by atoms with Crippen LogP contribution in [0.4, 0.5) is 14.5 Å². The molecule has 0 unspecified atom stereocenters. The largest absolute Gasteiger partial charge is 0.367 e. The smallest absolute Gasteiger partial charge is 0.217 e. The van der Waals surface area contributed by atoms with E-state index in [4.69, 9.17) is 0 Å². The fourth-order valence-electron chi connectivity index (χ4n) is 2.49. The van der Waals surface area contributed by atoms with Crippen LogP contribution in [-0.4, -0.2) is 31.3 Å². The van der Waals surface area contributed by atoms with E-state index in [-0.39, 0.29) is 23.2 Å². The highest BCUT2D eigenvalue weighted by Crippen LogP contribution is 2.27. The van der Waals surface area contributed by atoms with Crippen molar-refractivity contribution in [3.05, 3.63) is 29.3 Å². The molecule has 1 amide bonds. The maximum atomic E-state index is 13.9. The Morgan fingerprint density at radius 3 is 2.30 bits per heavy atom. The molecule has 4 nitrogen and oxygen atoms in total. The lowest BCUT2D eigenvalue weighted by molar-refractivity contribution is -0.119. The number of benzene rings is 1. The van der Waals surface area contributed by atoms with Gasteiger partial charge in [-0.1, -0.05) is 0 Å². The number of aldehydes is 1. The predicted molar refractivity (Wildman–Crippen MR) is 70.8 cm³/mol. The van der Waals surface area contributed by atoms with Gasteiger partial charge in [0.2, 0.25) is 5.91 Å². The lowest BCUT2D eigenvalue weighted by Gasteiger charge is -2.34. The second-order valence-electron chi connectivity index (χ2n) is 4.91. The van der Waals surface area contributed by atoms with Crippen molar-refractivity contribution in [2.24, 2.45) is 0 Å². The molecular weight excluding hydrogens is 266 g/mol.